The van der Waals surface area contributed by atoms with E-state index in [4.69, 9.17) is 9.47 Å². The van der Waals surface area contributed by atoms with E-state index >= 15 is 0 Å². The summed E-state index contributed by atoms with van der Waals surface area (Å²) < 4.78 is 24.2. The van der Waals surface area contributed by atoms with Gasteiger partial charge in [0.15, 0.2) is 0 Å². The first kappa shape index (κ1) is 15.1. The topological polar surface area (TPSA) is 50.7 Å². The second kappa shape index (κ2) is 7.45. The van der Waals surface area contributed by atoms with Gasteiger partial charge >= 0.3 is 0 Å². The summed E-state index contributed by atoms with van der Waals surface area (Å²) in [6.45, 7) is 0.528. The second-order valence-corrected chi connectivity index (χ2v) is 5.12. The Labute approximate surface area is 118 Å². The van der Waals surface area contributed by atoms with E-state index in [1.807, 2.05) is 0 Å². The highest BCUT2D eigenvalue weighted by molar-refractivity contribution is 5.49. The molecule has 4 nitrogen and oxygen atoms in total. The summed E-state index contributed by atoms with van der Waals surface area (Å²) in [5.74, 6) is 0.209. The summed E-state index contributed by atoms with van der Waals surface area (Å²) in [7, 11) is 1.53. The third-order valence-corrected chi connectivity index (χ3v) is 3.53. The minimum Gasteiger partial charge on any atom is -0.497 e. The first-order valence-corrected chi connectivity index (χ1v) is 7.06. The predicted octanol–water partition coefficient (Wildman–Crippen LogP) is 2.57. The van der Waals surface area contributed by atoms with Crippen molar-refractivity contribution < 1.29 is 19.0 Å². The lowest BCUT2D eigenvalue weighted by molar-refractivity contribution is -0.00119. The minimum atomic E-state index is -0.652. The van der Waals surface area contributed by atoms with Crippen molar-refractivity contribution in [3.8, 4) is 5.75 Å². The lowest BCUT2D eigenvalue weighted by Gasteiger charge is -2.17. The number of hydrogen-bond acceptors (Lipinski definition) is 4. The van der Waals surface area contributed by atoms with Crippen LogP contribution < -0.4 is 10.1 Å². The van der Waals surface area contributed by atoms with Gasteiger partial charge in [-0.05, 0) is 25.0 Å². The van der Waals surface area contributed by atoms with Gasteiger partial charge < -0.3 is 19.9 Å². The van der Waals surface area contributed by atoms with E-state index in [-0.39, 0.29) is 25.1 Å². The number of aliphatic hydroxyl groups is 1. The smallest absolute Gasteiger partial charge is 0.146 e. The van der Waals surface area contributed by atoms with Crippen molar-refractivity contribution >= 4 is 5.69 Å². The van der Waals surface area contributed by atoms with E-state index in [1.165, 1.54) is 26.0 Å². The summed E-state index contributed by atoms with van der Waals surface area (Å²) in [4.78, 5) is 0. The number of nitrogens with one attached hydrogen (secondary N) is 1. The average molecular weight is 283 g/mol. The molecule has 0 spiro atoms. The van der Waals surface area contributed by atoms with Crippen LogP contribution in [0.25, 0.3) is 0 Å². The van der Waals surface area contributed by atoms with Crippen LogP contribution in [0.2, 0.25) is 0 Å². The Morgan fingerprint density at radius 3 is 2.85 bits per heavy atom. The highest BCUT2D eigenvalue weighted by Gasteiger charge is 2.17. The number of halogens is 1. The van der Waals surface area contributed by atoms with Gasteiger partial charge in [-0.3, -0.25) is 0 Å². The van der Waals surface area contributed by atoms with Gasteiger partial charge in [0.25, 0.3) is 0 Å². The van der Waals surface area contributed by atoms with Gasteiger partial charge in [-0.15, -0.1) is 0 Å². The number of aliphatic hydroxyl groups excluding tert-OH is 1. The number of rotatable bonds is 7. The van der Waals surface area contributed by atoms with Crippen LogP contribution >= 0.6 is 0 Å². The Kier molecular flexibility index (Phi) is 5.61. The van der Waals surface area contributed by atoms with Crippen LogP contribution in [-0.4, -0.2) is 37.6 Å². The van der Waals surface area contributed by atoms with Crippen LogP contribution in [0.1, 0.15) is 25.7 Å². The molecule has 112 valence electrons. The lowest BCUT2D eigenvalue weighted by atomic mass is 10.2. The van der Waals surface area contributed by atoms with Gasteiger partial charge in [0.05, 0.1) is 31.6 Å². The zero-order chi connectivity index (χ0) is 14.4. The second-order valence-electron chi connectivity index (χ2n) is 5.12. The molecule has 0 aromatic heterocycles. The molecule has 0 heterocycles. The van der Waals surface area contributed by atoms with Crippen LogP contribution in [0.4, 0.5) is 10.1 Å². The van der Waals surface area contributed by atoms with Gasteiger partial charge in [-0.2, -0.15) is 0 Å². The van der Waals surface area contributed by atoms with Crippen LogP contribution in [0.3, 0.4) is 0 Å². The lowest BCUT2D eigenvalue weighted by Crippen LogP contribution is -2.27. The van der Waals surface area contributed by atoms with Crippen molar-refractivity contribution in [1.82, 2.24) is 0 Å². The van der Waals surface area contributed by atoms with Gasteiger partial charge in [-0.1, -0.05) is 12.8 Å². The molecule has 2 N–H and O–H groups in total. The van der Waals surface area contributed by atoms with E-state index in [9.17, 15) is 9.50 Å². The molecule has 1 saturated carbocycles. The number of ether oxygens (including phenoxy) is 2. The number of benzene rings is 1. The fourth-order valence-electron chi connectivity index (χ4n) is 2.36. The van der Waals surface area contributed by atoms with Crippen molar-refractivity contribution in [3.05, 3.63) is 24.0 Å². The third-order valence-electron chi connectivity index (χ3n) is 3.53. The number of hydrogen-bond donors (Lipinski definition) is 2. The third kappa shape index (κ3) is 4.35. The van der Waals surface area contributed by atoms with Crippen molar-refractivity contribution in [2.45, 2.75) is 37.9 Å². The molecule has 1 aliphatic rings. The Morgan fingerprint density at radius 1 is 1.40 bits per heavy atom. The molecule has 2 rings (SSSR count). The Bertz CT molecular complexity index is 422. The molecule has 0 bridgehead atoms. The predicted molar refractivity (Wildman–Crippen MR) is 75.7 cm³/mol. The Balaban J connectivity index is 1.75. The standard InChI is InChI=1S/C15H22FNO3/c1-19-13-6-7-14(16)15(8-13)17-9-11(18)10-20-12-4-2-3-5-12/h6-8,11-12,17-18H,2-5,9-10H2,1H3. The molecular weight excluding hydrogens is 261 g/mol. The summed E-state index contributed by atoms with van der Waals surface area (Å²) >= 11 is 0. The summed E-state index contributed by atoms with van der Waals surface area (Å²) in [5, 5.41) is 12.7. The first-order valence-electron chi connectivity index (χ1n) is 7.06. The van der Waals surface area contributed by atoms with Crippen LogP contribution in [0, 0.1) is 5.82 Å². The molecule has 5 heteroatoms. The van der Waals surface area contributed by atoms with Crippen molar-refractivity contribution in [1.29, 1.82) is 0 Å². The molecule has 0 aliphatic heterocycles. The summed E-state index contributed by atoms with van der Waals surface area (Å²) in [5.41, 5.74) is 0.323. The minimum absolute atomic E-state index is 0.247. The molecule has 1 aliphatic carbocycles. The van der Waals surface area contributed by atoms with E-state index in [0.29, 0.717) is 11.4 Å². The molecule has 0 saturated heterocycles. The van der Waals surface area contributed by atoms with Gasteiger partial charge in [0, 0.05) is 12.6 Å². The zero-order valence-electron chi connectivity index (χ0n) is 11.8. The van der Waals surface area contributed by atoms with E-state index in [1.54, 1.807) is 12.1 Å². The maximum Gasteiger partial charge on any atom is 0.146 e. The zero-order valence-corrected chi connectivity index (χ0v) is 11.8. The van der Waals surface area contributed by atoms with Crippen LogP contribution in [-0.2, 0) is 4.74 Å². The summed E-state index contributed by atoms with van der Waals surface area (Å²) in [6.07, 6.45) is 4.18. The fourth-order valence-corrected chi connectivity index (χ4v) is 2.36. The number of methoxy groups -OCH3 is 1. The summed E-state index contributed by atoms with van der Waals surface area (Å²) in [6, 6.07) is 4.46. The van der Waals surface area contributed by atoms with Gasteiger partial charge in [0.1, 0.15) is 11.6 Å². The van der Waals surface area contributed by atoms with Gasteiger partial charge in [0.2, 0.25) is 0 Å². The quantitative estimate of drug-likeness (QED) is 0.807. The van der Waals surface area contributed by atoms with E-state index in [0.717, 1.165) is 12.8 Å². The van der Waals surface area contributed by atoms with Crippen LogP contribution in [0.15, 0.2) is 18.2 Å². The average Bonchev–Trinajstić information content (AvgIpc) is 2.97. The van der Waals surface area contributed by atoms with E-state index in [2.05, 4.69) is 5.32 Å². The van der Waals surface area contributed by atoms with Gasteiger partial charge in [-0.25, -0.2) is 4.39 Å². The van der Waals surface area contributed by atoms with Crippen molar-refractivity contribution in [2.75, 3.05) is 25.6 Å². The molecule has 1 atom stereocenters. The molecule has 1 unspecified atom stereocenters. The normalized spacial score (nSPS) is 17.1. The molecular formula is C15H22FNO3. The molecule has 0 amide bonds. The maximum atomic E-state index is 13.6. The van der Waals surface area contributed by atoms with Crippen LogP contribution in [0.5, 0.6) is 5.75 Å². The SMILES string of the molecule is COc1ccc(F)c(NCC(O)COC2CCCC2)c1. The maximum absolute atomic E-state index is 13.6. The molecule has 20 heavy (non-hydrogen) atoms. The Morgan fingerprint density at radius 2 is 2.15 bits per heavy atom. The highest BCUT2D eigenvalue weighted by Crippen LogP contribution is 2.22. The monoisotopic (exact) mass is 283 g/mol. The highest BCUT2D eigenvalue weighted by atomic mass is 19.1. The largest absolute Gasteiger partial charge is 0.497 e. The molecule has 1 aromatic carbocycles. The number of anilines is 1. The molecule has 1 aromatic rings. The first-order chi connectivity index (χ1) is 9.69. The van der Waals surface area contributed by atoms with E-state index < -0.39 is 6.10 Å². The van der Waals surface area contributed by atoms with Crippen molar-refractivity contribution in [3.63, 3.8) is 0 Å². The fraction of sp³-hybridized carbons (Fsp3) is 0.600. The molecule has 1 fully saturated rings. The Hall–Kier alpha value is -1.33. The van der Waals surface area contributed by atoms with Crippen molar-refractivity contribution in [2.24, 2.45) is 0 Å². The molecule has 0 radical (unpaired) electrons.